The SMILES string of the molecule is CCCCOC(=O)COc1ccccc1OCC. The highest BCUT2D eigenvalue weighted by Gasteiger charge is 2.07. The van der Waals surface area contributed by atoms with Crippen molar-refractivity contribution in [2.24, 2.45) is 0 Å². The molecule has 0 aliphatic heterocycles. The molecule has 0 radical (unpaired) electrons. The van der Waals surface area contributed by atoms with E-state index in [1.54, 1.807) is 12.1 Å². The van der Waals surface area contributed by atoms with E-state index in [0.717, 1.165) is 12.8 Å². The van der Waals surface area contributed by atoms with Crippen LogP contribution in [0, 0.1) is 0 Å². The number of esters is 1. The number of para-hydroxylation sites is 2. The van der Waals surface area contributed by atoms with Gasteiger partial charge in [0.15, 0.2) is 18.1 Å². The number of rotatable bonds is 8. The maximum Gasteiger partial charge on any atom is 0.344 e. The molecule has 0 N–H and O–H groups in total. The number of ether oxygens (including phenoxy) is 3. The number of hydrogen-bond donors (Lipinski definition) is 0. The summed E-state index contributed by atoms with van der Waals surface area (Å²) in [5.41, 5.74) is 0. The predicted octanol–water partition coefficient (Wildman–Crippen LogP) is 2.81. The summed E-state index contributed by atoms with van der Waals surface area (Å²) in [4.78, 5) is 11.4. The van der Waals surface area contributed by atoms with Crippen LogP contribution in [0.4, 0.5) is 0 Å². The van der Waals surface area contributed by atoms with Crippen LogP contribution < -0.4 is 9.47 Å². The summed E-state index contributed by atoms with van der Waals surface area (Å²) in [6.07, 6.45) is 1.88. The Balaban J connectivity index is 2.40. The zero-order chi connectivity index (χ0) is 13.2. The maximum atomic E-state index is 11.4. The smallest absolute Gasteiger partial charge is 0.344 e. The highest BCUT2D eigenvalue weighted by atomic mass is 16.6. The Morgan fingerprint density at radius 2 is 1.78 bits per heavy atom. The number of benzene rings is 1. The summed E-state index contributed by atoms with van der Waals surface area (Å²) >= 11 is 0. The Labute approximate surface area is 108 Å². The molecule has 0 unspecified atom stereocenters. The number of unbranched alkanes of at least 4 members (excludes halogenated alkanes) is 1. The third-order valence-electron chi connectivity index (χ3n) is 2.26. The van der Waals surface area contributed by atoms with Gasteiger partial charge in [-0.25, -0.2) is 4.79 Å². The topological polar surface area (TPSA) is 44.8 Å². The van der Waals surface area contributed by atoms with E-state index >= 15 is 0 Å². The lowest BCUT2D eigenvalue weighted by Crippen LogP contribution is -2.15. The Morgan fingerprint density at radius 1 is 1.11 bits per heavy atom. The summed E-state index contributed by atoms with van der Waals surface area (Å²) in [5, 5.41) is 0. The van der Waals surface area contributed by atoms with Crippen LogP contribution in [0.1, 0.15) is 26.7 Å². The Hall–Kier alpha value is -1.71. The van der Waals surface area contributed by atoms with Crippen molar-refractivity contribution in [3.63, 3.8) is 0 Å². The molecular weight excluding hydrogens is 232 g/mol. The van der Waals surface area contributed by atoms with Crippen LogP contribution in [-0.4, -0.2) is 25.8 Å². The average Bonchev–Trinajstić information content (AvgIpc) is 2.38. The van der Waals surface area contributed by atoms with E-state index in [0.29, 0.717) is 24.7 Å². The van der Waals surface area contributed by atoms with Crippen LogP contribution in [0.3, 0.4) is 0 Å². The molecule has 1 aromatic rings. The number of hydrogen-bond acceptors (Lipinski definition) is 4. The van der Waals surface area contributed by atoms with Gasteiger partial charge in [0.1, 0.15) is 0 Å². The zero-order valence-electron chi connectivity index (χ0n) is 11.0. The zero-order valence-corrected chi connectivity index (χ0v) is 11.0. The van der Waals surface area contributed by atoms with Gasteiger partial charge in [-0.1, -0.05) is 25.5 Å². The quantitative estimate of drug-likeness (QED) is 0.527. The van der Waals surface area contributed by atoms with Gasteiger partial charge in [0.05, 0.1) is 13.2 Å². The molecule has 1 rings (SSSR count). The molecule has 0 atom stereocenters. The molecule has 100 valence electrons. The van der Waals surface area contributed by atoms with E-state index in [2.05, 4.69) is 0 Å². The van der Waals surface area contributed by atoms with Gasteiger partial charge >= 0.3 is 5.97 Å². The molecular formula is C14H20O4. The standard InChI is InChI=1S/C14H20O4/c1-3-5-10-17-14(15)11-18-13-9-7-6-8-12(13)16-4-2/h6-9H,3-5,10-11H2,1-2H3. The average molecular weight is 252 g/mol. The van der Waals surface area contributed by atoms with Crippen LogP contribution in [0.5, 0.6) is 11.5 Å². The largest absolute Gasteiger partial charge is 0.490 e. The minimum atomic E-state index is -0.352. The van der Waals surface area contributed by atoms with Gasteiger partial charge in [-0.15, -0.1) is 0 Å². The van der Waals surface area contributed by atoms with Crippen LogP contribution >= 0.6 is 0 Å². The fraction of sp³-hybridized carbons (Fsp3) is 0.500. The molecule has 0 saturated heterocycles. The van der Waals surface area contributed by atoms with Crippen molar-refractivity contribution in [3.8, 4) is 11.5 Å². The molecule has 0 heterocycles. The Bertz CT molecular complexity index is 363. The summed E-state index contributed by atoms with van der Waals surface area (Å²) < 4.78 is 15.8. The van der Waals surface area contributed by atoms with Gasteiger partial charge in [0.2, 0.25) is 0 Å². The van der Waals surface area contributed by atoms with E-state index in [1.807, 2.05) is 26.0 Å². The van der Waals surface area contributed by atoms with Gasteiger partial charge in [0.25, 0.3) is 0 Å². The van der Waals surface area contributed by atoms with Crippen molar-refractivity contribution in [3.05, 3.63) is 24.3 Å². The highest BCUT2D eigenvalue weighted by Crippen LogP contribution is 2.26. The van der Waals surface area contributed by atoms with Crippen molar-refractivity contribution in [2.45, 2.75) is 26.7 Å². The summed E-state index contributed by atoms with van der Waals surface area (Å²) in [6.45, 7) is 4.86. The summed E-state index contributed by atoms with van der Waals surface area (Å²) in [6, 6.07) is 7.27. The van der Waals surface area contributed by atoms with Gasteiger partial charge in [-0.05, 0) is 25.5 Å². The normalized spacial score (nSPS) is 9.89. The van der Waals surface area contributed by atoms with Crippen molar-refractivity contribution >= 4 is 5.97 Å². The molecule has 0 aromatic heterocycles. The van der Waals surface area contributed by atoms with Crippen LogP contribution in [0.15, 0.2) is 24.3 Å². The molecule has 4 heteroatoms. The van der Waals surface area contributed by atoms with E-state index in [-0.39, 0.29) is 12.6 Å². The Kier molecular flexibility index (Phi) is 6.69. The second-order valence-electron chi connectivity index (χ2n) is 3.74. The third-order valence-corrected chi connectivity index (χ3v) is 2.26. The molecule has 1 aromatic carbocycles. The maximum absolute atomic E-state index is 11.4. The molecule has 0 saturated carbocycles. The van der Waals surface area contributed by atoms with E-state index in [9.17, 15) is 4.79 Å². The van der Waals surface area contributed by atoms with Crippen LogP contribution in [0.25, 0.3) is 0 Å². The first-order chi connectivity index (χ1) is 8.77. The minimum absolute atomic E-state index is 0.0895. The van der Waals surface area contributed by atoms with E-state index < -0.39 is 0 Å². The van der Waals surface area contributed by atoms with E-state index in [1.165, 1.54) is 0 Å². The predicted molar refractivity (Wildman–Crippen MR) is 69.0 cm³/mol. The highest BCUT2D eigenvalue weighted by molar-refractivity contribution is 5.71. The van der Waals surface area contributed by atoms with Gasteiger partial charge < -0.3 is 14.2 Å². The molecule has 0 aliphatic carbocycles. The number of carbonyl (C=O) groups is 1. The van der Waals surface area contributed by atoms with Crippen LogP contribution in [-0.2, 0) is 9.53 Å². The first-order valence-electron chi connectivity index (χ1n) is 6.28. The molecule has 0 bridgehead atoms. The first-order valence-corrected chi connectivity index (χ1v) is 6.28. The fourth-order valence-electron chi connectivity index (χ4n) is 1.35. The molecule has 18 heavy (non-hydrogen) atoms. The first kappa shape index (κ1) is 14.4. The minimum Gasteiger partial charge on any atom is -0.490 e. The molecule has 0 spiro atoms. The van der Waals surface area contributed by atoms with Crippen molar-refractivity contribution < 1.29 is 19.0 Å². The Morgan fingerprint density at radius 3 is 2.39 bits per heavy atom. The molecule has 0 amide bonds. The molecule has 0 fully saturated rings. The van der Waals surface area contributed by atoms with Crippen molar-refractivity contribution in [1.82, 2.24) is 0 Å². The van der Waals surface area contributed by atoms with Gasteiger partial charge in [0, 0.05) is 0 Å². The number of carbonyl (C=O) groups excluding carboxylic acids is 1. The lowest BCUT2D eigenvalue weighted by atomic mass is 10.3. The van der Waals surface area contributed by atoms with Gasteiger partial charge in [-0.2, -0.15) is 0 Å². The summed E-state index contributed by atoms with van der Waals surface area (Å²) in [7, 11) is 0. The monoisotopic (exact) mass is 252 g/mol. The lowest BCUT2D eigenvalue weighted by Gasteiger charge is -2.11. The molecule has 0 aliphatic rings. The second-order valence-corrected chi connectivity index (χ2v) is 3.74. The van der Waals surface area contributed by atoms with Gasteiger partial charge in [-0.3, -0.25) is 0 Å². The van der Waals surface area contributed by atoms with Crippen LogP contribution in [0.2, 0.25) is 0 Å². The van der Waals surface area contributed by atoms with Crippen molar-refractivity contribution in [1.29, 1.82) is 0 Å². The van der Waals surface area contributed by atoms with E-state index in [4.69, 9.17) is 14.2 Å². The summed E-state index contributed by atoms with van der Waals surface area (Å²) in [5.74, 6) is 0.850. The lowest BCUT2D eigenvalue weighted by molar-refractivity contribution is -0.146. The molecule has 4 nitrogen and oxygen atoms in total. The second kappa shape index (κ2) is 8.39. The fourth-order valence-corrected chi connectivity index (χ4v) is 1.35. The van der Waals surface area contributed by atoms with Crippen molar-refractivity contribution in [2.75, 3.05) is 19.8 Å². The third kappa shape index (κ3) is 5.08.